The van der Waals surface area contributed by atoms with E-state index in [1.165, 1.54) is 19.2 Å². The first-order chi connectivity index (χ1) is 10.9. The van der Waals surface area contributed by atoms with Gasteiger partial charge in [-0.3, -0.25) is 4.79 Å². The van der Waals surface area contributed by atoms with Gasteiger partial charge >= 0.3 is 6.18 Å². The zero-order valence-electron chi connectivity index (χ0n) is 12.2. The molecule has 0 aromatic heterocycles. The van der Waals surface area contributed by atoms with E-state index in [2.05, 4.69) is 5.32 Å². The van der Waals surface area contributed by atoms with Gasteiger partial charge in [-0.15, -0.1) is 0 Å². The van der Waals surface area contributed by atoms with Gasteiger partial charge in [0.15, 0.2) is 6.61 Å². The Morgan fingerprint density at radius 2 is 1.74 bits per heavy atom. The van der Waals surface area contributed by atoms with Crippen molar-refractivity contribution >= 4 is 11.6 Å². The lowest BCUT2D eigenvalue weighted by molar-refractivity contribution is -0.137. The minimum Gasteiger partial charge on any atom is -0.497 e. The van der Waals surface area contributed by atoms with E-state index in [4.69, 9.17) is 9.47 Å². The third-order valence-electron chi connectivity index (χ3n) is 2.90. The van der Waals surface area contributed by atoms with Gasteiger partial charge in [-0.2, -0.15) is 13.2 Å². The number of hydrogen-bond donors (Lipinski definition) is 1. The second-order valence-corrected chi connectivity index (χ2v) is 4.59. The normalized spacial score (nSPS) is 11.0. The van der Waals surface area contributed by atoms with Crippen LogP contribution in [0, 0.1) is 0 Å². The van der Waals surface area contributed by atoms with Crippen molar-refractivity contribution in [3.63, 3.8) is 0 Å². The first-order valence-electron chi connectivity index (χ1n) is 6.62. The molecule has 0 saturated carbocycles. The van der Waals surface area contributed by atoms with E-state index in [-0.39, 0.29) is 12.3 Å². The average molecular weight is 325 g/mol. The fourth-order valence-corrected chi connectivity index (χ4v) is 1.79. The molecule has 0 aliphatic heterocycles. The van der Waals surface area contributed by atoms with Gasteiger partial charge in [-0.05, 0) is 42.5 Å². The summed E-state index contributed by atoms with van der Waals surface area (Å²) in [5.41, 5.74) is -0.769. The number of anilines is 1. The predicted octanol–water partition coefficient (Wildman–Crippen LogP) is 3.73. The third kappa shape index (κ3) is 4.91. The van der Waals surface area contributed by atoms with Gasteiger partial charge in [0.05, 0.1) is 12.7 Å². The molecule has 0 unspecified atom stereocenters. The highest BCUT2D eigenvalue weighted by atomic mass is 19.4. The van der Waals surface area contributed by atoms with Crippen LogP contribution in [0.4, 0.5) is 18.9 Å². The lowest BCUT2D eigenvalue weighted by atomic mass is 10.2. The Morgan fingerprint density at radius 1 is 1.09 bits per heavy atom. The molecule has 1 amide bonds. The molecule has 2 rings (SSSR count). The molecule has 0 atom stereocenters. The number of methoxy groups -OCH3 is 1. The summed E-state index contributed by atoms with van der Waals surface area (Å²) < 4.78 is 48.0. The van der Waals surface area contributed by atoms with E-state index in [1.54, 1.807) is 24.3 Å². The highest BCUT2D eigenvalue weighted by Crippen LogP contribution is 2.30. The molecular formula is C16H14F3NO3. The maximum atomic E-state index is 12.6. The second-order valence-electron chi connectivity index (χ2n) is 4.59. The molecule has 0 fully saturated rings. The van der Waals surface area contributed by atoms with Crippen LogP contribution < -0.4 is 14.8 Å². The molecule has 23 heavy (non-hydrogen) atoms. The summed E-state index contributed by atoms with van der Waals surface area (Å²) in [6.07, 6.45) is -4.46. The molecule has 0 bridgehead atoms. The number of amides is 1. The van der Waals surface area contributed by atoms with E-state index < -0.39 is 17.6 Å². The first-order valence-corrected chi connectivity index (χ1v) is 6.62. The minimum atomic E-state index is -4.46. The van der Waals surface area contributed by atoms with Gasteiger partial charge in [-0.1, -0.05) is 6.07 Å². The van der Waals surface area contributed by atoms with Crippen LogP contribution in [0.15, 0.2) is 48.5 Å². The fourth-order valence-electron chi connectivity index (χ4n) is 1.79. The molecule has 0 aliphatic rings. The Morgan fingerprint density at radius 3 is 2.35 bits per heavy atom. The Kier molecular flexibility index (Phi) is 5.10. The van der Waals surface area contributed by atoms with Crippen LogP contribution in [0.2, 0.25) is 0 Å². The van der Waals surface area contributed by atoms with Crippen LogP contribution in [-0.4, -0.2) is 19.6 Å². The highest BCUT2D eigenvalue weighted by Gasteiger charge is 2.30. The summed E-state index contributed by atoms with van der Waals surface area (Å²) in [7, 11) is 1.53. The van der Waals surface area contributed by atoms with Gasteiger partial charge in [0.1, 0.15) is 11.5 Å². The van der Waals surface area contributed by atoms with Crippen molar-refractivity contribution < 1.29 is 27.4 Å². The largest absolute Gasteiger partial charge is 0.497 e. The molecule has 4 nitrogen and oxygen atoms in total. The van der Waals surface area contributed by atoms with Crippen LogP contribution in [0.1, 0.15) is 5.56 Å². The first kappa shape index (κ1) is 16.7. The van der Waals surface area contributed by atoms with Crippen molar-refractivity contribution in [2.45, 2.75) is 6.18 Å². The summed E-state index contributed by atoms with van der Waals surface area (Å²) in [5.74, 6) is 0.538. The predicted molar refractivity (Wildman–Crippen MR) is 78.6 cm³/mol. The third-order valence-corrected chi connectivity index (χ3v) is 2.90. The van der Waals surface area contributed by atoms with Crippen LogP contribution in [0.3, 0.4) is 0 Å². The molecule has 2 aromatic rings. The Hall–Kier alpha value is -2.70. The number of ether oxygens (including phenoxy) is 2. The fraction of sp³-hybridized carbons (Fsp3) is 0.188. The molecule has 0 radical (unpaired) electrons. The summed E-state index contributed by atoms with van der Waals surface area (Å²) in [6.45, 7) is -0.317. The maximum absolute atomic E-state index is 12.6. The lowest BCUT2D eigenvalue weighted by Gasteiger charge is -2.10. The van der Waals surface area contributed by atoms with Gasteiger partial charge in [0.2, 0.25) is 0 Å². The highest BCUT2D eigenvalue weighted by molar-refractivity contribution is 5.91. The van der Waals surface area contributed by atoms with E-state index in [1.807, 2.05) is 0 Å². The van der Waals surface area contributed by atoms with E-state index in [9.17, 15) is 18.0 Å². The summed E-state index contributed by atoms with van der Waals surface area (Å²) in [4.78, 5) is 11.7. The number of carbonyl (C=O) groups excluding carboxylic acids is 1. The van der Waals surface area contributed by atoms with E-state index in [0.717, 1.165) is 12.1 Å². The number of nitrogens with one attached hydrogen (secondary N) is 1. The van der Waals surface area contributed by atoms with Gasteiger partial charge in [0.25, 0.3) is 5.91 Å². The quantitative estimate of drug-likeness (QED) is 0.911. The van der Waals surface area contributed by atoms with Crippen molar-refractivity contribution in [2.24, 2.45) is 0 Å². The second kappa shape index (κ2) is 7.04. The number of alkyl halides is 3. The number of hydrogen-bond acceptors (Lipinski definition) is 3. The number of rotatable bonds is 5. The van der Waals surface area contributed by atoms with Crippen molar-refractivity contribution in [1.82, 2.24) is 0 Å². The van der Waals surface area contributed by atoms with E-state index >= 15 is 0 Å². The van der Waals surface area contributed by atoms with Gasteiger partial charge < -0.3 is 14.8 Å². The molecule has 0 saturated heterocycles. The Balaban J connectivity index is 1.91. The Bertz CT molecular complexity index is 669. The van der Waals surface area contributed by atoms with Crippen LogP contribution in [-0.2, 0) is 11.0 Å². The summed E-state index contributed by atoms with van der Waals surface area (Å²) >= 11 is 0. The van der Waals surface area contributed by atoms with Crippen molar-refractivity contribution in [3.05, 3.63) is 54.1 Å². The van der Waals surface area contributed by atoms with Crippen molar-refractivity contribution in [3.8, 4) is 11.5 Å². The topological polar surface area (TPSA) is 47.6 Å². The summed E-state index contributed by atoms with van der Waals surface area (Å²) in [5, 5.41) is 2.36. The van der Waals surface area contributed by atoms with Crippen LogP contribution in [0.5, 0.6) is 11.5 Å². The van der Waals surface area contributed by atoms with Crippen molar-refractivity contribution in [1.29, 1.82) is 0 Å². The van der Waals surface area contributed by atoms with Gasteiger partial charge in [0, 0.05) is 5.69 Å². The molecule has 1 N–H and O–H groups in total. The minimum absolute atomic E-state index is 0.0585. The zero-order chi connectivity index (χ0) is 16.9. The number of benzene rings is 2. The molecular weight excluding hydrogens is 311 g/mol. The van der Waals surface area contributed by atoms with Crippen molar-refractivity contribution in [2.75, 3.05) is 19.0 Å². The smallest absolute Gasteiger partial charge is 0.416 e. The maximum Gasteiger partial charge on any atom is 0.416 e. The summed E-state index contributed by atoms with van der Waals surface area (Å²) in [6, 6.07) is 11.0. The number of carbonyl (C=O) groups is 1. The lowest BCUT2D eigenvalue weighted by Crippen LogP contribution is -2.20. The van der Waals surface area contributed by atoms with Gasteiger partial charge in [-0.25, -0.2) is 0 Å². The molecule has 0 spiro atoms. The van der Waals surface area contributed by atoms with Crippen LogP contribution >= 0.6 is 0 Å². The van der Waals surface area contributed by atoms with Crippen LogP contribution in [0.25, 0.3) is 0 Å². The monoisotopic (exact) mass is 325 g/mol. The average Bonchev–Trinajstić information content (AvgIpc) is 2.53. The molecule has 7 heteroatoms. The zero-order valence-corrected chi connectivity index (χ0v) is 12.2. The molecule has 122 valence electrons. The molecule has 0 heterocycles. The van der Waals surface area contributed by atoms with E-state index in [0.29, 0.717) is 11.5 Å². The standard InChI is InChI=1S/C16H14F3NO3/c1-22-13-5-7-14(8-6-13)23-10-15(21)20-12-4-2-3-11(9-12)16(17,18)19/h2-9H,10H2,1H3,(H,20,21). The SMILES string of the molecule is COc1ccc(OCC(=O)Nc2cccc(C(F)(F)F)c2)cc1. The Labute approximate surface area is 130 Å². The molecule has 0 aliphatic carbocycles. The molecule has 2 aromatic carbocycles. The number of halogens is 3.